The summed E-state index contributed by atoms with van der Waals surface area (Å²) in [7, 11) is -3.91. The fraction of sp³-hybridized carbons (Fsp3) is 0.143. The molecular formula is C14H16FN3O2S. The van der Waals surface area contributed by atoms with Crippen molar-refractivity contribution in [3.05, 3.63) is 53.8 Å². The summed E-state index contributed by atoms with van der Waals surface area (Å²) in [4.78, 5) is -0.262. The van der Waals surface area contributed by atoms with Crippen molar-refractivity contribution in [1.29, 1.82) is 0 Å². The van der Waals surface area contributed by atoms with Gasteiger partial charge in [-0.25, -0.2) is 17.9 Å². The van der Waals surface area contributed by atoms with Gasteiger partial charge in [0.15, 0.2) is 0 Å². The summed E-state index contributed by atoms with van der Waals surface area (Å²) in [5.41, 5.74) is 7.41. The van der Waals surface area contributed by atoms with E-state index in [1.165, 1.54) is 12.1 Å². The molecule has 0 saturated carbocycles. The van der Waals surface area contributed by atoms with E-state index in [9.17, 15) is 12.8 Å². The lowest BCUT2D eigenvalue weighted by molar-refractivity contribution is 0.592. The fourth-order valence-electron chi connectivity index (χ4n) is 1.93. The fourth-order valence-corrected chi connectivity index (χ4v) is 2.46. The van der Waals surface area contributed by atoms with Gasteiger partial charge in [0, 0.05) is 11.7 Å². The van der Waals surface area contributed by atoms with Crippen molar-refractivity contribution in [2.75, 3.05) is 11.1 Å². The van der Waals surface area contributed by atoms with Gasteiger partial charge in [-0.3, -0.25) is 0 Å². The van der Waals surface area contributed by atoms with Gasteiger partial charge in [0.25, 0.3) is 0 Å². The van der Waals surface area contributed by atoms with Crippen LogP contribution in [0, 0.1) is 5.82 Å². The molecule has 1 atom stereocenters. The normalized spacial score (nSPS) is 12.9. The molecule has 2 aromatic rings. The molecule has 0 amide bonds. The van der Waals surface area contributed by atoms with Crippen LogP contribution < -0.4 is 16.2 Å². The molecule has 0 aromatic heterocycles. The number of primary sulfonamides is 1. The first-order valence-electron chi connectivity index (χ1n) is 6.21. The highest BCUT2D eigenvalue weighted by Crippen LogP contribution is 2.24. The average Bonchev–Trinajstić information content (AvgIpc) is 2.39. The number of nitrogens with two attached hydrogens (primary N) is 2. The van der Waals surface area contributed by atoms with Gasteiger partial charge in [0.1, 0.15) is 5.82 Å². The predicted molar refractivity (Wildman–Crippen MR) is 80.7 cm³/mol. The molecule has 2 aromatic carbocycles. The van der Waals surface area contributed by atoms with E-state index in [0.717, 1.165) is 11.6 Å². The van der Waals surface area contributed by atoms with Crippen LogP contribution in [0.3, 0.4) is 0 Å². The molecule has 0 saturated heterocycles. The maximum absolute atomic E-state index is 13.9. The van der Waals surface area contributed by atoms with Crippen molar-refractivity contribution < 1.29 is 12.8 Å². The second-order valence-electron chi connectivity index (χ2n) is 4.72. The monoisotopic (exact) mass is 309 g/mol. The Morgan fingerprint density at radius 3 is 2.48 bits per heavy atom. The number of sulfonamides is 1. The Bertz CT molecular complexity index is 763. The third kappa shape index (κ3) is 3.71. The van der Waals surface area contributed by atoms with Crippen LogP contribution in [0.1, 0.15) is 18.5 Å². The molecule has 0 aliphatic rings. The lowest BCUT2D eigenvalue weighted by atomic mass is 10.1. The second-order valence-corrected chi connectivity index (χ2v) is 6.28. The molecule has 1 unspecified atom stereocenters. The average molecular weight is 309 g/mol. The van der Waals surface area contributed by atoms with E-state index >= 15 is 0 Å². The zero-order valence-electron chi connectivity index (χ0n) is 11.4. The van der Waals surface area contributed by atoms with Crippen LogP contribution in [-0.4, -0.2) is 8.42 Å². The topological polar surface area (TPSA) is 98.2 Å². The van der Waals surface area contributed by atoms with Crippen molar-refractivity contribution in [3.8, 4) is 0 Å². The molecular weight excluding hydrogens is 293 g/mol. The van der Waals surface area contributed by atoms with Gasteiger partial charge in [0.2, 0.25) is 10.0 Å². The number of anilines is 2. The van der Waals surface area contributed by atoms with E-state index in [0.29, 0.717) is 5.69 Å². The number of nitrogen functional groups attached to an aromatic ring is 1. The molecule has 112 valence electrons. The molecule has 0 aliphatic heterocycles. The van der Waals surface area contributed by atoms with Gasteiger partial charge in [-0.05, 0) is 42.8 Å². The van der Waals surface area contributed by atoms with Crippen molar-refractivity contribution in [1.82, 2.24) is 0 Å². The van der Waals surface area contributed by atoms with E-state index < -0.39 is 15.8 Å². The number of hydrogen-bond acceptors (Lipinski definition) is 4. The van der Waals surface area contributed by atoms with Crippen LogP contribution in [0.2, 0.25) is 0 Å². The molecule has 5 N–H and O–H groups in total. The van der Waals surface area contributed by atoms with Crippen molar-refractivity contribution >= 4 is 21.4 Å². The number of benzene rings is 2. The Morgan fingerprint density at radius 1 is 1.19 bits per heavy atom. The molecule has 0 fully saturated rings. The number of nitrogens with one attached hydrogen (secondary N) is 1. The Balaban J connectivity index is 2.24. The van der Waals surface area contributed by atoms with E-state index in [-0.39, 0.29) is 16.6 Å². The minimum Gasteiger partial charge on any atom is -0.399 e. The Kier molecular flexibility index (Phi) is 4.15. The third-order valence-corrected chi connectivity index (χ3v) is 3.96. The summed E-state index contributed by atoms with van der Waals surface area (Å²) in [6.07, 6.45) is 0. The summed E-state index contributed by atoms with van der Waals surface area (Å²) >= 11 is 0. The molecule has 0 heterocycles. The molecule has 0 aliphatic carbocycles. The van der Waals surface area contributed by atoms with Gasteiger partial charge in [-0.15, -0.1) is 0 Å². The van der Waals surface area contributed by atoms with Gasteiger partial charge in [0.05, 0.1) is 10.6 Å². The van der Waals surface area contributed by atoms with Crippen LogP contribution in [0.5, 0.6) is 0 Å². The smallest absolute Gasteiger partial charge is 0.238 e. The third-order valence-electron chi connectivity index (χ3n) is 3.05. The summed E-state index contributed by atoms with van der Waals surface area (Å²) in [5.74, 6) is -0.683. The van der Waals surface area contributed by atoms with Crippen LogP contribution in [0.4, 0.5) is 15.8 Å². The van der Waals surface area contributed by atoms with Gasteiger partial charge in [-0.2, -0.15) is 0 Å². The van der Waals surface area contributed by atoms with Crippen LogP contribution in [0.15, 0.2) is 47.4 Å². The minimum absolute atomic E-state index is 0.191. The predicted octanol–water partition coefficient (Wildman–Crippen LogP) is 2.23. The zero-order valence-corrected chi connectivity index (χ0v) is 12.2. The maximum Gasteiger partial charge on any atom is 0.238 e. The highest BCUT2D eigenvalue weighted by molar-refractivity contribution is 7.89. The number of halogens is 1. The van der Waals surface area contributed by atoms with E-state index in [1.54, 1.807) is 12.1 Å². The first kappa shape index (κ1) is 15.3. The van der Waals surface area contributed by atoms with Crippen LogP contribution in [0.25, 0.3) is 0 Å². The summed E-state index contributed by atoms with van der Waals surface area (Å²) in [5, 5.41) is 7.92. The molecule has 7 heteroatoms. The van der Waals surface area contributed by atoms with Gasteiger partial charge >= 0.3 is 0 Å². The SMILES string of the molecule is CC(Nc1ccc(S(N)(=O)=O)cc1F)c1cccc(N)c1. The molecule has 0 bridgehead atoms. The lowest BCUT2D eigenvalue weighted by Crippen LogP contribution is -2.13. The minimum atomic E-state index is -3.91. The zero-order chi connectivity index (χ0) is 15.6. The van der Waals surface area contributed by atoms with E-state index in [1.807, 2.05) is 19.1 Å². The van der Waals surface area contributed by atoms with Crippen molar-refractivity contribution in [3.63, 3.8) is 0 Å². The summed E-state index contributed by atoms with van der Waals surface area (Å²) < 4.78 is 36.2. The van der Waals surface area contributed by atoms with Crippen LogP contribution >= 0.6 is 0 Å². The lowest BCUT2D eigenvalue weighted by Gasteiger charge is -2.17. The Morgan fingerprint density at radius 2 is 1.90 bits per heavy atom. The standard InChI is InChI=1S/C14H16FN3O2S/c1-9(10-3-2-4-11(16)7-10)18-14-6-5-12(8-13(14)15)21(17,19)20/h2-9,18H,16H2,1H3,(H2,17,19,20). The van der Waals surface area contributed by atoms with E-state index in [4.69, 9.17) is 10.9 Å². The van der Waals surface area contributed by atoms with Gasteiger partial charge in [-0.1, -0.05) is 12.1 Å². The van der Waals surface area contributed by atoms with E-state index in [2.05, 4.69) is 5.32 Å². The first-order chi connectivity index (χ1) is 9.77. The highest BCUT2D eigenvalue weighted by Gasteiger charge is 2.13. The van der Waals surface area contributed by atoms with Crippen molar-refractivity contribution in [2.45, 2.75) is 17.9 Å². The second kappa shape index (κ2) is 5.71. The molecule has 0 spiro atoms. The summed E-state index contributed by atoms with van der Waals surface area (Å²) in [6.45, 7) is 1.85. The van der Waals surface area contributed by atoms with Gasteiger partial charge < -0.3 is 11.1 Å². The number of rotatable bonds is 4. The molecule has 2 rings (SSSR count). The maximum atomic E-state index is 13.9. The Labute approximate surface area is 122 Å². The molecule has 21 heavy (non-hydrogen) atoms. The number of hydrogen-bond donors (Lipinski definition) is 3. The quantitative estimate of drug-likeness (QED) is 0.754. The molecule has 5 nitrogen and oxygen atoms in total. The van der Waals surface area contributed by atoms with Crippen molar-refractivity contribution in [2.24, 2.45) is 5.14 Å². The highest BCUT2D eigenvalue weighted by atomic mass is 32.2. The largest absolute Gasteiger partial charge is 0.399 e. The first-order valence-corrected chi connectivity index (χ1v) is 7.76. The van der Waals surface area contributed by atoms with Crippen LogP contribution in [-0.2, 0) is 10.0 Å². The summed E-state index contributed by atoms with van der Waals surface area (Å²) in [6, 6.07) is 10.5. The molecule has 0 radical (unpaired) electrons. The Hall–Kier alpha value is -2.12.